The van der Waals surface area contributed by atoms with Crippen molar-refractivity contribution in [2.75, 3.05) is 32.6 Å². The number of hydrogen-bond donors (Lipinski definition) is 0. The predicted molar refractivity (Wildman–Crippen MR) is 134 cm³/mol. The summed E-state index contributed by atoms with van der Waals surface area (Å²) in [5, 5.41) is 0.810. The van der Waals surface area contributed by atoms with Crippen molar-refractivity contribution >= 4 is 27.6 Å². The molecule has 3 aromatic heterocycles. The average molecular weight is 494 g/mol. The highest BCUT2D eigenvalue weighted by Gasteiger charge is 2.21. The summed E-state index contributed by atoms with van der Waals surface area (Å²) in [4.78, 5) is 29.1. The second-order valence-electron chi connectivity index (χ2n) is 8.13. The lowest BCUT2D eigenvalue weighted by Crippen LogP contribution is -2.40. The van der Waals surface area contributed by atoms with Crippen molar-refractivity contribution < 1.29 is 19.2 Å². The molecule has 4 aromatic rings. The first-order valence-electron chi connectivity index (χ1n) is 11.2. The maximum atomic E-state index is 13.0. The molecule has 1 aromatic carbocycles. The molecule has 182 valence electrons. The summed E-state index contributed by atoms with van der Waals surface area (Å²) < 4.78 is 19.6. The van der Waals surface area contributed by atoms with E-state index in [1.54, 1.807) is 46.6 Å². The monoisotopic (exact) mass is 493 g/mol. The van der Waals surface area contributed by atoms with Gasteiger partial charge in [-0.05, 0) is 36.2 Å². The normalized spacial score (nSPS) is 14.5. The van der Waals surface area contributed by atoms with Crippen LogP contribution >= 0.6 is 0 Å². The lowest BCUT2D eigenvalue weighted by atomic mass is 10.1. The Bertz CT molecular complexity index is 1380. The number of fused-ring (bicyclic) bond motifs is 1. The molecule has 9 nitrogen and oxygen atoms in total. The fourth-order valence-electron chi connectivity index (χ4n) is 4.10. The standard InChI is InChI=1S/C25H25N5O3S.H2O/c1-3-17-6-7-26-21(12-17)19-14-27-25(28-15-19)30-16-23(34(2)32)20-5-4-18(13-22(20)30)24(31)29-8-10-33-11-9-29;/h4-7,12-16H,3,8-11H2,1-2H3;1H2. The number of ether oxygens (including phenoxy) is 1. The molecular formula is C25H27N5O4S. The Morgan fingerprint density at radius 1 is 1.09 bits per heavy atom. The van der Waals surface area contributed by atoms with Crippen LogP contribution in [0.15, 0.2) is 60.0 Å². The Balaban J connectivity index is 0.00000289. The van der Waals surface area contributed by atoms with Crippen LogP contribution in [0.4, 0.5) is 0 Å². The Kier molecular flexibility index (Phi) is 7.34. The van der Waals surface area contributed by atoms with E-state index >= 15 is 0 Å². The Hall–Kier alpha value is -3.47. The van der Waals surface area contributed by atoms with Crippen LogP contribution in [-0.2, 0) is 22.0 Å². The van der Waals surface area contributed by atoms with Crippen LogP contribution in [0.1, 0.15) is 22.8 Å². The van der Waals surface area contributed by atoms with E-state index in [2.05, 4.69) is 21.9 Å². The lowest BCUT2D eigenvalue weighted by Gasteiger charge is -2.26. The highest BCUT2D eigenvalue weighted by molar-refractivity contribution is 7.84. The van der Waals surface area contributed by atoms with Gasteiger partial charge in [0.25, 0.3) is 5.91 Å². The Morgan fingerprint density at radius 3 is 2.51 bits per heavy atom. The summed E-state index contributed by atoms with van der Waals surface area (Å²) >= 11 is 0. The van der Waals surface area contributed by atoms with Crippen molar-refractivity contribution in [2.24, 2.45) is 0 Å². The van der Waals surface area contributed by atoms with E-state index in [1.807, 2.05) is 24.3 Å². The molecule has 1 amide bonds. The number of benzene rings is 1. The van der Waals surface area contributed by atoms with Crippen LogP contribution in [0.2, 0.25) is 0 Å². The number of carbonyl (C=O) groups excluding carboxylic acids is 1. The number of pyridine rings is 1. The SMILES string of the molecule is CCc1ccnc(-c2cnc(-n3cc(S(C)=O)c4ccc(C(=O)N5CCOCC5)cc43)nc2)c1.O. The molecule has 1 saturated heterocycles. The van der Waals surface area contributed by atoms with Gasteiger partial charge in [0.15, 0.2) is 0 Å². The van der Waals surface area contributed by atoms with Gasteiger partial charge in [0.05, 0.1) is 40.1 Å². The molecule has 1 aliphatic rings. The van der Waals surface area contributed by atoms with Gasteiger partial charge in [-0.3, -0.25) is 18.6 Å². The van der Waals surface area contributed by atoms with Crippen LogP contribution in [0.5, 0.6) is 0 Å². The summed E-state index contributed by atoms with van der Waals surface area (Å²) in [5.74, 6) is 0.392. The van der Waals surface area contributed by atoms with Crippen molar-refractivity contribution in [1.82, 2.24) is 24.4 Å². The van der Waals surface area contributed by atoms with Crippen LogP contribution in [0.3, 0.4) is 0 Å². The van der Waals surface area contributed by atoms with Crippen LogP contribution in [0.25, 0.3) is 28.1 Å². The molecule has 1 unspecified atom stereocenters. The van der Waals surface area contributed by atoms with Gasteiger partial charge in [-0.15, -0.1) is 0 Å². The minimum Gasteiger partial charge on any atom is -0.412 e. The number of amides is 1. The van der Waals surface area contributed by atoms with Crippen LogP contribution in [-0.4, -0.2) is 72.6 Å². The van der Waals surface area contributed by atoms with E-state index in [9.17, 15) is 9.00 Å². The van der Waals surface area contributed by atoms with Gasteiger partial charge in [-0.2, -0.15) is 0 Å². The quantitative estimate of drug-likeness (QED) is 0.421. The van der Waals surface area contributed by atoms with Crippen LogP contribution in [0, 0.1) is 0 Å². The zero-order chi connectivity index (χ0) is 23.7. The average Bonchev–Trinajstić information content (AvgIpc) is 3.28. The van der Waals surface area contributed by atoms with Crippen molar-refractivity contribution in [1.29, 1.82) is 0 Å². The minimum absolute atomic E-state index is 0. The summed E-state index contributed by atoms with van der Waals surface area (Å²) in [5.41, 5.74) is 4.13. The number of rotatable bonds is 5. The first kappa shape index (κ1) is 24.6. The molecule has 5 rings (SSSR count). The predicted octanol–water partition coefficient (Wildman–Crippen LogP) is 2.43. The number of aryl methyl sites for hydroxylation is 1. The zero-order valence-electron chi connectivity index (χ0n) is 19.6. The smallest absolute Gasteiger partial charge is 0.254 e. The number of aromatic nitrogens is 4. The molecular weight excluding hydrogens is 466 g/mol. The fourth-order valence-corrected chi connectivity index (χ4v) is 4.84. The lowest BCUT2D eigenvalue weighted by molar-refractivity contribution is 0.0303. The third-order valence-corrected chi connectivity index (χ3v) is 6.95. The molecule has 4 heterocycles. The van der Waals surface area contributed by atoms with Gasteiger partial charge in [-0.1, -0.05) is 13.0 Å². The van der Waals surface area contributed by atoms with E-state index in [0.29, 0.717) is 42.7 Å². The molecule has 0 bridgehead atoms. The van der Waals surface area contributed by atoms with Crippen LogP contribution < -0.4 is 0 Å². The van der Waals surface area contributed by atoms with E-state index < -0.39 is 10.8 Å². The molecule has 0 saturated carbocycles. The van der Waals surface area contributed by atoms with Crippen molar-refractivity contribution in [3.8, 4) is 17.2 Å². The Labute approximate surface area is 205 Å². The maximum Gasteiger partial charge on any atom is 0.254 e. The maximum absolute atomic E-state index is 13.0. The molecule has 1 aliphatic heterocycles. The largest absolute Gasteiger partial charge is 0.412 e. The first-order chi connectivity index (χ1) is 16.5. The highest BCUT2D eigenvalue weighted by atomic mass is 32.2. The summed E-state index contributed by atoms with van der Waals surface area (Å²) in [7, 11) is -1.21. The second-order valence-corrected chi connectivity index (χ2v) is 9.48. The molecule has 2 N–H and O–H groups in total. The van der Waals surface area contributed by atoms with E-state index in [1.165, 1.54) is 5.56 Å². The molecule has 1 fully saturated rings. The molecule has 1 atom stereocenters. The van der Waals surface area contributed by atoms with Gasteiger partial charge < -0.3 is 15.1 Å². The molecule has 10 heteroatoms. The third-order valence-electron chi connectivity index (χ3n) is 6.01. The van der Waals surface area contributed by atoms with Crippen molar-refractivity contribution in [3.63, 3.8) is 0 Å². The van der Waals surface area contributed by atoms with Crippen molar-refractivity contribution in [3.05, 3.63) is 66.2 Å². The second kappa shape index (κ2) is 10.4. The number of hydrogen-bond acceptors (Lipinski definition) is 6. The van der Waals surface area contributed by atoms with Crippen molar-refractivity contribution in [2.45, 2.75) is 18.2 Å². The number of nitrogens with zero attached hydrogens (tertiary/aromatic N) is 5. The molecule has 0 radical (unpaired) electrons. The number of carbonyl (C=O) groups is 1. The summed E-state index contributed by atoms with van der Waals surface area (Å²) in [6, 6.07) is 9.49. The van der Waals surface area contributed by atoms with Gasteiger partial charge in [0.1, 0.15) is 0 Å². The van der Waals surface area contributed by atoms with Gasteiger partial charge in [0, 0.05) is 60.6 Å². The van der Waals surface area contributed by atoms with Gasteiger partial charge in [-0.25, -0.2) is 9.97 Å². The van der Waals surface area contributed by atoms with Gasteiger partial charge in [0.2, 0.25) is 5.95 Å². The molecule has 0 aliphatic carbocycles. The van der Waals surface area contributed by atoms with E-state index in [4.69, 9.17) is 4.74 Å². The van der Waals surface area contributed by atoms with Gasteiger partial charge >= 0.3 is 0 Å². The van der Waals surface area contributed by atoms with E-state index in [-0.39, 0.29) is 11.4 Å². The summed E-state index contributed by atoms with van der Waals surface area (Å²) in [6.45, 7) is 4.32. The Morgan fingerprint density at radius 2 is 1.83 bits per heavy atom. The fraction of sp³-hybridized carbons (Fsp3) is 0.280. The molecule has 35 heavy (non-hydrogen) atoms. The number of morpholine rings is 1. The zero-order valence-corrected chi connectivity index (χ0v) is 20.4. The highest BCUT2D eigenvalue weighted by Crippen LogP contribution is 2.28. The third kappa shape index (κ3) is 4.86. The molecule has 0 spiro atoms. The first-order valence-corrected chi connectivity index (χ1v) is 12.7. The topological polar surface area (TPSA) is 122 Å². The summed E-state index contributed by atoms with van der Waals surface area (Å²) in [6.07, 6.45) is 9.61. The minimum atomic E-state index is -1.21. The van der Waals surface area contributed by atoms with E-state index in [0.717, 1.165) is 28.6 Å².